The van der Waals surface area contributed by atoms with Crippen LogP contribution in [0.1, 0.15) is 25.2 Å². The molecule has 6 heteroatoms. The summed E-state index contributed by atoms with van der Waals surface area (Å²) in [5.74, 6) is 2.35. The van der Waals surface area contributed by atoms with Gasteiger partial charge in [-0.1, -0.05) is 6.92 Å². The SMILES string of the molecule is CCc1nn(CC)c(CC(N)C2CSCCN2C)c1Br. The molecule has 0 radical (unpaired) electrons. The van der Waals surface area contributed by atoms with Crippen LogP contribution in [0.3, 0.4) is 0 Å². The lowest BCUT2D eigenvalue weighted by atomic mass is 10.0. The van der Waals surface area contributed by atoms with Crippen LogP contribution in [0.5, 0.6) is 0 Å². The van der Waals surface area contributed by atoms with E-state index in [0.29, 0.717) is 6.04 Å². The average Bonchev–Trinajstić information content (AvgIpc) is 2.75. The maximum absolute atomic E-state index is 6.50. The number of hydrogen-bond acceptors (Lipinski definition) is 4. The van der Waals surface area contributed by atoms with E-state index in [1.54, 1.807) is 0 Å². The van der Waals surface area contributed by atoms with E-state index < -0.39 is 0 Å². The van der Waals surface area contributed by atoms with E-state index in [9.17, 15) is 0 Å². The minimum Gasteiger partial charge on any atom is -0.326 e. The van der Waals surface area contributed by atoms with Gasteiger partial charge in [0, 0.05) is 43.1 Å². The Hall–Kier alpha value is -0.0400. The number of thioether (sulfide) groups is 1. The molecular weight excluding hydrogens is 336 g/mol. The molecule has 1 aromatic rings. The normalized spacial score (nSPS) is 22.1. The van der Waals surface area contributed by atoms with Gasteiger partial charge < -0.3 is 10.6 Å². The second-order valence-electron chi connectivity index (χ2n) is 5.37. The first-order chi connectivity index (χ1) is 9.58. The Balaban J connectivity index is 2.14. The summed E-state index contributed by atoms with van der Waals surface area (Å²) in [4.78, 5) is 2.41. The summed E-state index contributed by atoms with van der Waals surface area (Å²) >= 11 is 5.73. The number of nitrogens with zero attached hydrogens (tertiary/aromatic N) is 3. The van der Waals surface area contributed by atoms with Crippen LogP contribution in [0.2, 0.25) is 0 Å². The number of nitrogens with two attached hydrogens (primary N) is 1. The van der Waals surface area contributed by atoms with E-state index in [2.05, 4.69) is 51.5 Å². The number of rotatable bonds is 5. The minimum atomic E-state index is 0.163. The molecule has 2 heterocycles. The molecule has 2 N–H and O–H groups in total. The molecule has 4 nitrogen and oxygen atoms in total. The lowest BCUT2D eigenvalue weighted by Gasteiger charge is -2.36. The molecule has 1 fully saturated rings. The molecule has 2 rings (SSSR count). The fourth-order valence-electron chi connectivity index (χ4n) is 2.73. The van der Waals surface area contributed by atoms with Crippen LogP contribution in [-0.2, 0) is 19.4 Å². The van der Waals surface area contributed by atoms with Gasteiger partial charge in [-0.05, 0) is 36.3 Å². The molecule has 2 atom stereocenters. The van der Waals surface area contributed by atoms with Gasteiger partial charge in [0.2, 0.25) is 0 Å². The Bertz CT molecular complexity index is 449. The standard InChI is InChI=1S/C14H25BrN4S/c1-4-11-14(15)12(19(5-2)17-11)8-10(16)13-9-20-7-6-18(13)3/h10,13H,4-9,16H2,1-3H3. The molecule has 1 saturated heterocycles. The van der Waals surface area contributed by atoms with Crippen molar-refractivity contribution in [2.45, 2.75) is 45.3 Å². The van der Waals surface area contributed by atoms with Gasteiger partial charge in [-0.3, -0.25) is 4.68 Å². The van der Waals surface area contributed by atoms with Gasteiger partial charge in [-0.15, -0.1) is 0 Å². The van der Waals surface area contributed by atoms with Gasteiger partial charge >= 0.3 is 0 Å². The van der Waals surface area contributed by atoms with E-state index in [4.69, 9.17) is 5.73 Å². The summed E-state index contributed by atoms with van der Waals surface area (Å²) in [6.07, 6.45) is 1.84. The van der Waals surface area contributed by atoms with Crippen molar-refractivity contribution in [2.24, 2.45) is 5.73 Å². The molecule has 0 aromatic carbocycles. The Morgan fingerprint density at radius 2 is 2.25 bits per heavy atom. The van der Waals surface area contributed by atoms with Crippen molar-refractivity contribution in [2.75, 3.05) is 25.1 Å². The molecule has 0 amide bonds. The average molecular weight is 361 g/mol. The van der Waals surface area contributed by atoms with E-state index in [1.807, 2.05) is 11.8 Å². The molecule has 0 bridgehead atoms. The molecule has 1 aliphatic rings. The van der Waals surface area contributed by atoms with Crippen LogP contribution in [0.4, 0.5) is 0 Å². The maximum Gasteiger partial charge on any atom is 0.0766 e. The van der Waals surface area contributed by atoms with Crippen molar-refractivity contribution >= 4 is 27.7 Å². The van der Waals surface area contributed by atoms with Gasteiger partial charge in [0.05, 0.1) is 15.9 Å². The first-order valence-electron chi connectivity index (χ1n) is 7.36. The second-order valence-corrected chi connectivity index (χ2v) is 7.31. The van der Waals surface area contributed by atoms with Gasteiger partial charge in [0.15, 0.2) is 0 Å². The highest BCUT2D eigenvalue weighted by molar-refractivity contribution is 9.10. The van der Waals surface area contributed by atoms with Crippen molar-refractivity contribution in [3.63, 3.8) is 0 Å². The van der Waals surface area contributed by atoms with Crippen LogP contribution >= 0.6 is 27.7 Å². The van der Waals surface area contributed by atoms with Crippen LogP contribution < -0.4 is 5.73 Å². The monoisotopic (exact) mass is 360 g/mol. The van der Waals surface area contributed by atoms with E-state index in [0.717, 1.165) is 41.9 Å². The number of likely N-dealkylation sites (N-methyl/N-ethyl adjacent to an activating group) is 1. The first kappa shape index (κ1) is 16.3. The van der Waals surface area contributed by atoms with Crippen molar-refractivity contribution in [3.8, 4) is 0 Å². The van der Waals surface area contributed by atoms with E-state index in [1.165, 1.54) is 11.4 Å². The zero-order valence-electron chi connectivity index (χ0n) is 12.6. The highest BCUT2D eigenvalue weighted by Crippen LogP contribution is 2.25. The van der Waals surface area contributed by atoms with Gasteiger partial charge in [0.25, 0.3) is 0 Å². The van der Waals surface area contributed by atoms with Crippen molar-refractivity contribution in [3.05, 3.63) is 15.9 Å². The predicted molar refractivity (Wildman–Crippen MR) is 90.4 cm³/mol. The lowest BCUT2D eigenvalue weighted by molar-refractivity contribution is 0.234. The Morgan fingerprint density at radius 1 is 1.50 bits per heavy atom. The number of aromatic nitrogens is 2. The summed E-state index contributed by atoms with van der Waals surface area (Å²) in [5, 5.41) is 4.66. The number of aryl methyl sites for hydroxylation is 2. The van der Waals surface area contributed by atoms with Crippen molar-refractivity contribution in [1.29, 1.82) is 0 Å². The molecule has 0 spiro atoms. The zero-order chi connectivity index (χ0) is 14.7. The minimum absolute atomic E-state index is 0.163. The highest BCUT2D eigenvalue weighted by Gasteiger charge is 2.27. The largest absolute Gasteiger partial charge is 0.326 e. The summed E-state index contributed by atoms with van der Waals surface area (Å²) < 4.78 is 3.25. The molecule has 20 heavy (non-hydrogen) atoms. The van der Waals surface area contributed by atoms with Crippen molar-refractivity contribution < 1.29 is 0 Å². The maximum atomic E-state index is 6.50. The summed E-state index contributed by atoms with van der Waals surface area (Å²) in [5.41, 5.74) is 8.89. The summed E-state index contributed by atoms with van der Waals surface area (Å²) in [6, 6.07) is 0.627. The fraction of sp³-hybridized carbons (Fsp3) is 0.786. The Labute approximate surface area is 134 Å². The first-order valence-corrected chi connectivity index (χ1v) is 9.30. The van der Waals surface area contributed by atoms with Gasteiger partial charge in [-0.25, -0.2) is 0 Å². The zero-order valence-corrected chi connectivity index (χ0v) is 15.0. The summed E-state index contributed by atoms with van der Waals surface area (Å²) in [6.45, 7) is 6.31. The molecule has 0 saturated carbocycles. The quantitative estimate of drug-likeness (QED) is 0.873. The van der Waals surface area contributed by atoms with Crippen LogP contribution in [0, 0.1) is 0 Å². The van der Waals surface area contributed by atoms with Crippen LogP contribution in [0.25, 0.3) is 0 Å². The molecule has 1 aliphatic heterocycles. The van der Waals surface area contributed by atoms with Gasteiger partial charge in [0.1, 0.15) is 0 Å². The Morgan fingerprint density at radius 3 is 2.85 bits per heavy atom. The third kappa shape index (κ3) is 3.40. The fourth-order valence-corrected chi connectivity index (χ4v) is 4.78. The summed E-state index contributed by atoms with van der Waals surface area (Å²) in [7, 11) is 2.19. The predicted octanol–water partition coefficient (Wildman–Crippen LogP) is 2.14. The van der Waals surface area contributed by atoms with Crippen LogP contribution in [0.15, 0.2) is 4.47 Å². The molecule has 114 valence electrons. The molecule has 0 aliphatic carbocycles. The topological polar surface area (TPSA) is 47.1 Å². The van der Waals surface area contributed by atoms with Crippen LogP contribution in [-0.4, -0.2) is 51.9 Å². The van der Waals surface area contributed by atoms with E-state index >= 15 is 0 Å². The van der Waals surface area contributed by atoms with Crippen molar-refractivity contribution in [1.82, 2.24) is 14.7 Å². The lowest BCUT2D eigenvalue weighted by Crippen LogP contribution is -2.51. The van der Waals surface area contributed by atoms with E-state index in [-0.39, 0.29) is 6.04 Å². The number of halogens is 1. The third-order valence-corrected chi connectivity index (χ3v) is 6.02. The Kier molecular flexibility index (Phi) is 5.95. The molecule has 2 unspecified atom stereocenters. The third-order valence-electron chi connectivity index (χ3n) is 4.06. The molecular formula is C14H25BrN4S. The smallest absolute Gasteiger partial charge is 0.0766 e. The second kappa shape index (κ2) is 7.29. The number of hydrogen-bond donors (Lipinski definition) is 1. The van der Waals surface area contributed by atoms with Gasteiger partial charge in [-0.2, -0.15) is 16.9 Å². The molecule has 1 aromatic heterocycles. The highest BCUT2D eigenvalue weighted by atomic mass is 79.9.